The molecule has 1 saturated heterocycles. The Morgan fingerprint density at radius 2 is 1.93 bits per heavy atom. The fourth-order valence-corrected chi connectivity index (χ4v) is 5.29. The van der Waals surface area contributed by atoms with Gasteiger partial charge in [-0.2, -0.15) is 6.20 Å². The van der Waals surface area contributed by atoms with Crippen LogP contribution in [-0.2, 0) is 22.7 Å². The van der Waals surface area contributed by atoms with Gasteiger partial charge >= 0.3 is 29.6 Å². The Hall–Kier alpha value is -1.11. The predicted octanol–water partition coefficient (Wildman–Crippen LogP) is 0.454. The van der Waals surface area contributed by atoms with Crippen LogP contribution in [-0.4, -0.2) is 38.7 Å². The van der Waals surface area contributed by atoms with Crippen LogP contribution in [0, 0.1) is 0 Å². The quantitative estimate of drug-likeness (QED) is 0.560. The number of aryl methyl sites for hydroxylation is 1. The SMILES string of the molecule is CN1CCC[C@@H]1Cc1c[n-]c2ccc(CCS(=O)(=O)c3ccccc3)cc12.[Na+]. The summed E-state index contributed by atoms with van der Waals surface area (Å²) in [7, 11) is -1.07. The van der Waals surface area contributed by atoms with Crippen LogP contribution in [0.1, 0.15) is 24.0 Å². The van der Waals surface area contributed by atoms with E-state index in [0.29, 0.717) is 17.4 Å². The largest absolute Gasteiger partial charge is 1.00 e. The molecule has 1 aliphatic rings. The summed E-state index contributed by atoms with van der Waals surface area (Å²) in [5, 5.41) is 1.17. The van der Waals surface area contributed by atoms with Crippen molar-refractivity contribution in [3.63, 3.8) is 0 Å². The van der Waals surface area contributed by atoms with Gasteiger partial charge in [-0.3, -0.25) is 0 Å². The summed E-state index contributed by atoms with van der Waals surface area (Å²) in [6, 6.07) is 15.4. The molecule has 0 aliphatic carbocycles. The number of sulfone groups is 1. The van der Waals surface area contributed by atoms with Crippen molar-refractivity contribution in [2.75, 3.05) is 19.3 Å². The van der Waals surface area contributed by atoms with Gasteiger partial charge in [-0.25, -0.2) is 8.42 Å². The van der Waals surface area contributed by atoms with Crippen LogP contribution in [0.4, 0.5) is 0 Å². The van der Waals surface area contributed by atoms with Crippen molar-refractivity contribution in [2.45, 2.75) is 36.6 Å². The van der Waals surface area contributed by atoms with Crippen molar-refractivity contribution in [3.05, 3.63) is 65.9 Å². The number of hydrogen-bond donors (Lipinski definition) is 0. The molecule has 1 atom stereocenters. The van der Waals surface area contributed by atoms with E-state index in [0.717, 1.165) is 17.5 Å². The molecular formula is C22H25N2NaO2S. The molecule has 142 valence electrons. The van der Waals surface area contributed by atoms with Crippen LogP contribution in [0.2, 0.25) is 0 Å². The number of benzene rings is 2. The van der Waals surface area contributed by atoms with E-state index in [-0.39, 0.29) is 35.3 Å². The average Bonchev–Trinajstić information content (AvgIpc) is 3.27. The number of rotatable bonds is 6. The normalized spacial score (nSPS) is 17.7. The minimum atomic E-state index is -3.26. The molecule has 1 fully saturated rings. The molecule has 1 aromatic heterocycles. The number of likely N-dealkylation sites (tertiary alicyclic amines) is 1. The first-order valence-electron chi connectivity index (χ1n) is 9.54. The number of likely N-dealkylation sites (N-methyl/N-ethyl adjacent to an activating group) is 1. The summed E-state index contributed by atoms with van der Waals surface area (Å²) in [5.74, 6) is 0.122. The van der Waals surface area contributed by atoms with Crippen LogP contribution < -0.4 is 34.5 Å². The second-order valence-electron chi connectivity index (χ2n) is 7.50. The molecule has 0 N–H and O–H groups in total. The molecule has 0 radical (unpaired) electrons. The molecule has 0 unspecified atom stereocenters. The van der Waals surface area contributed by atoms with Crippen LogP contribution >= 0.6 is 0 Å². The Morgan fingerprint density at radius 1 is 1.14 bits per heavy atom. The third kappa shape index (κ3) is 4.71. The molecule has 0 bridgehead atoms. The number of hydrogen-bond acceptors (Lipinski definition) is 3. The maximum absolute atomic E-state index is 12.5. The first-order chi connectivity index (χ1) is 13.0. The Balaban J connectivity index is 0.00000225. The summed E-state index contributed by atoms with van der Waals surface area (Å²) < 4.78 is 25.1. The van der Waals surface area contributed by atoms with Crippen molar-refractivity contribution in [3.8, 4) is 0 Å². The van der Waals surface area contributed by atoms with E-state index in [1.54, 1.807) is 24.3 Å². The Bertz CT molecular complexity index is 1030. The average molecular weight is 405 g/mol. The van der Waals surface area contributed by atoms with Gasteiger partial charge in [0, 0.05) is 6.04 Å². The van der Waals surface area contributed by atoms with Gasteiger partial charge < -0.3 is 9.88 Å². The number of fused-ring (bicyclic) bond motifs is 1. The van der Waals surface area contributed by atoms with E-state index < -0.39 is 9.84 Å². The van der Waals surface area contributed by atoms with Gasteiger partial charge in [-0.05, 0) is 62.4 Å². The van der Waals surface area contributed by atoms with Crippen molar-refractivity contribution in [1.82, 2.24) is 9.88 Å². The van der Waals surface area contributed by atoms with Gasteiger partial charge in [0.15, 0.2) is 9.84 Å². The van der Waals surface area contributed by atoms with Gasteiger partial charge in [-0.15, -0.1) is 5.52 Å². The van der Waals surface area contributed by atoms with Gasteiger partial charge in [0.25, 0.3) is 0 Å². The monoisotopic (exact) mass is 404 g/mol. The van der Waals surface area contributed by atoms with E-state index in [1.807, 2.05) is 24.4 Å². The zero-order valence-corrected chi connectivity index (χ0v) is 19.5. The third-order valence-corrected chi connectivity index (χ3v) is 7.39. The standard InChI is InChI=1S/C22H25N2O2S.Na/c1-24-12-5-6-19(24)15-18-16-23-22-10-9-17(14-21(18)22)11-13-27(25,26)20-7-3-2-4-8-20;/h2-4,7-10,14,16,19H,5-6,11-13,15H2,1H3;/q-1;+1/t19-;/m1./s1. The molecule has 3 aromatic rings. The van der Waals surface area contributed by atoms with Crippen molar-refractivity contribution in [2.24, 2.45) is 0 Å². The van der Waals surface area contributed by atoms with Gasteiger partial charge in [0.05, 0.1) is 10.6 Å². The van der Waals surface area contributed by atoms with Crippen molar-refractivity contribution in [1.29, 1.82) is 0 Å². The van der Waals surface area contributed by atoms with E-state index in [1.165, 1.54) is 30.3 Å². The van der Waals surface area contributed by atoms with Crippen molar-refractivity contribution < 1.29 is 38.0 Å². The first-order valence-corrected chi connectivity index (χ1v) is 11.2. The molecule has 2 heterocycles. The van der Waals surface area contributed by atoms with Crippen LogP contribution in [0.3, 0.4) is 0 Å². The Morgan fingerprint density at radius 3 is 2.64 bits per heavy atom. The smallest absolute Gasteiger partial charge is 0.663 e. The summed E-state index contributed by atoms with van der Waals surface area (Å²) in [6.45, 7) is 1.17. The molecular weight excluding hydrogens is 379 g/mol. The molecule has 2 aromatic carbocycles. The van der Waals surface area contributed by atoms with E-state index in [2.05, 4.69) is 23.0 Å². The van der Waals surface area contributed by atoms with Crippen molar-refractivity contribution >= 4 is 20.7 Å². The third-order valence-electron chi connectivity index (χ3n) is 5.66. The molecule has 0 amide bonds. The minimum absolute atomic E-state index is 0. The first kappa shape index (κ1) is 21.6. The van der Waals surface area contributed by atoms with E-state index in [9.17, 15) is 8.42 Å². The maximum atomic E-state index is 12.5. The molecule has 4 rings (SSSR count). The summed E-state index contributed by atoms with van der Waals surface area (Å²) in [5.41, 5.74) is 3.33. The molecule has 4 nitrogen and oxygen atoms in total. The second kappa shape index (κ2) is 9.14. The van der Waals surface area contributed by atoms with E-state index in [4.69, 9.17) is 0 Å². The van der Waals surface area contributed by atoms with Gasteiger partial charge in [0.1, 0.15) is 0 Å². The molecule has 0 saturated carbocycles. The summed E-state index contributed by atoms with van der Waals surface area (Å²) >= 11 is 0. The summed E-state index contributed by atoms with van der Waals surface area (Å²) in [4.78, 5) is 7.37. The molecule has 1 aliphatic heterocycles. The zero-order chi connectivity index (χ0) is 18.9. The number of aromatic nitrogens is 1. The Labute approximate surface area is 189 Å². The molecule has 6 heteroatoms. The maximum Gasteiger partial charge on any atom is 1.00 e. The topological polar surface area (TPSA) is 51.5 Å². The summed E-state index contributed by atoms with van der Waals surface area (Å²) in [6.07, 6.45) is 6.01. The van der Waals surface area contributed by atoms with Gasteiger partial charge in [0.2, 0.25) is 0 Å². The fraction of sp³-hybridized carbons (Fsp3) is 0.364. The Kier molecular flexibility index (Phi) is 7.05. The minimum Gasteiger partial charge on any atom is -0.663 e. The second-order valence-corrected chi connectivity index (χ2v) is 9.61. The fourth-order valence-electron chi connectivity index (χ4n) is 3.98. The van der Waals surface area contributed by atoms with Gasteiger partial charge in [-0.1, -0.05) is 42.0 Å². The van der Waals surface area contributed by atoms with Crippen LogP contribution in [0.15, 0.2) is 59.6 Å². The van der Waals surface area contributed by atoms with E-state index >= 15 is 0 Å². The number of nitrogens with zero attached hydrogens (tertiary/aromatic N) is 2. The molecule has 0 spiro atoms. The predicted molar refractivity (Wildman–Crippen MR) is 109 cm³/mol. The molecule has 28 heavy (non-hydrogen) atoms. The van der Waals surface area contributed by atoms with Crippen LogP contribution in [0.5, 0.6) is 0 Å². The zero-order valence-electron chi connectivity index (χ0n) is 16.6. The van der Waals surface area contributed by atoms with Crippen LogP contribution in [0.25, 0.3) is 10.9 Å².